The summed E-state index contributed by atoms with van der Waals surface area (Å²) in [4.78, 5) is 36.2. The van der Waals surface area contributed by atoms with Crippen molar-refractivity contribution in [1.29, 1.82) is 5.26 Å². The summed E-state index contributed by atoms with van der Waals surface area (Å²) in [6.07, 6.45) is -0.00186. The van der Waals surface area contributed by atoms with E-state index in [4.69, 9.17) is 10.00 Å². The van der Waals surface area contributed by atoms with Gasteiger partial charge in [0.25, 0.3) is 5.91 Å². The number of carbonyl (C=O) groups is 3. The van der Waals surface area contributed by atoms with Gasteiger partial charge >= 0.3 is 12.0 Å². The smallest absolute Gasteiger partial charge is 0.327 e. The highest BCUT2D eigenvalue weighted by atomic mass is 16.5. The summed E-state index contributed by atoms with van der Waals surface area (Å²) in [6.45, 7) is 4.52. The molecule has 0 aromatic carbocycles. The average molecular weight is 267 g/mol. The molecule has 0 aromatic rings. The van der Waals surface area contributed by atoms with Crippen LogP contribution in [-0.2, 0) is 14.3 Å². The predicted molar refractivity (Wildman–Crippen MR) is 64.7 cm³/mol. The van der Waals surface area contributed by atoms with Crippen LogP contribution in [0.1, 0.15) is 33.6 Å². The Morgan fingerprint density at radius 3 is 2.47 bits per heavy atom. The van der Waals surface area contributed by atoms with Crippen LogP contribution in [0, 0.1) is 11.3 Å². The summed E-state index contributed by atoms with van der Waals surface area (Å²) < 4.78 is 4.72. The molecule has 0 bridgehead atoms. The Kier molecular flexibility index (Phi) is 4.48. The van der Waals surface area contributed by atoms with Gasteiger partial charge < -0.3 is 10.1 Å². The van der Waals surface area contributed by atoms with Gasteiger partial charge in [-0.25, -0.2) is 4.79 Å². The van der Waals surface area contributed by atoms with E-state index in [1.54, 1.807) is 19.9 Å². The monoisotopic (exact) mass is 267 g/mol. The van der Waals surface area contributed by atoms with E-state index in [0.717, 1.165) is 4.90 Å². The molecule has 0 spiro atoms. The van der Waals surface area contributed by atoms with Crippen LogP contribution in [0.5, 0.6) is 0 Å². The molecule has 1 atom stereocenters. The number of nitrogens with one attached hydrogen (secondary N) is 1. The zero-order valence-electron chi connectivity index (χ0n) is 11.2. The molecule has 1 aliphatic heterocycles. The Bertz CT molecular complexity index is 437. The Balaban J connectivity index is 2.75. The number of hydrogen-bond donors (Lipinski definition) is 1. The molecule has 104 valence electrons. The summed E-state index contributed by atoms with van der Waals surface area (Å²) in [7, 11) is 0. The number of nitrogens with zero attached hydrogens (tertiary/aromatic N) is 2. The predicted octanol–water partition coefficient (Wildman–Crippen LogP) is 0.552. The number of urea groups is 1. The van der Waals surface area contributed by atoms with Crippen molar-refractivity contribution in [3.05, 3.63) is 0 Å². The van der Waals surface area contributed by atoms with Crippen LogP contribution in [0.4, 0.5) is 4.79 Å². The number of amides is 3. The Morgan fingerprint density at radius 2 is 2.05 bits per heavy atom. The molecule has 7 heteroatoms. The maximum Gasteiger partial charge on any atom is 0.327 e. The highest BCUT2D eigenvalue weighted by molar-refractivity contribution is 6.08. The van der Waals surface area contributed by atoms with Gasteiger partial charge in [0.05, 0.1) is 0 Å². The van der Waals surface area contributed by atoms with E-state index >= 15 is 0 Å². The molecule has 1 fully saturated rings. The van der Waals surface area contributed by atoms with Gasteiger partial charge in [-0.15, -0.1) is 0 Å². The highest BCUT2D eigenvalue weighted by Gasteiger charge is 2.49. The van der Waals surface area contributed by atoms with E-state index in [1.807, 2.05) is 0 Å². The minimum atomic E-state index is -0.932. The fourth-order valence-electron chi connectivity index (χ4n) is 1.94. The lowest BCUT2D eigenvalue weighted by Crippen LogP contribution is -2.46. The summed E-state index contributed by atoms with van der Waals surface area (Å²) in [5.41, 5.74) is -0.932. The molecule has 1 saturated heterocycles. The summed E-state index contributed by atoms with van der Waals surface area (Å²) in [5.74, 6) is -1.20. The van der Waals surface area contributed by atoms with Gasteiger partial charge in [0.15, 0.2) is 6.10 Å². The van der Waals surface area contributed by atoms with Crippen LogP contribution in [0.3, 0.4) is 0 Å². The number of ether oxygens (including phenoxy) is 1. The van der Waals surface area contributed by atoms with Crippen LogP contribution in [0.25, 0.3) is 0 Å². The first-order chi connectivity index (χ1) is 8.90. The Morgan fingerprint density at radius 1 is 1.47 bits per heavy atom. The first kappa shape index (κ1) is 15.0. The van der Waals surface area contributed by atoms with E-state index in [2.05, 4.69) is 5.32 Å². The summed E-state index contributed by atoms with van der Waals surface area (Å²) in [5, 5.41) is 11.1. The van der Waals surface area contributed by atoms with E-state index in [1.165, 1.54) is 6.92 Å². The molecule has 0 unspecified atom stereocenters. The van der Waals surface area contributed by atoms with Gasteiger partial charge in [0.1, 0.15) is 18.2 Å². The molecule has 1 aliphatic rings. The molecular formula is C12H17N3O4. The first-order valence-electron chi connectivity index (χ1n) is 6.13. The molecule has 0 radical (unpaired) electrons. The zero-order chi connectivity index (χ0) is 14.6. The topological polar surface area (TPSA) is 99.5 Å². The van der Waals surface area contributed by atoms with Gasteiger partial charge in [-0.3, -0.25) is 14.5 Å². The van der Waals surface area contributed by atoms with Crippen molar-refractivity contribution in [3.8, 4) is 6.07 Å². The summed E-state index contributed by atoms with van der Waals surface area (Å²) in [6, 6.07) is 1.13. The second-order valence-electron chi connectivity index (χ2n) is 4.37. The van der Waals surface area contributed by atoms with Crippen LogP contribution in [0.2, 0.25) is 0 Å². The van der Waals surface area contributed by atoms with Crippen LogP contribution in [0.15, 0.2) is 0 Å². The van der Waals surface area contributed by atoms with E-state index < -0.39 is 36.1 Å². The molecule has 7 nitrogen and oxygen atoms in total. The average Bonchev–Trinajstić information content (AvgIpc) is 2.63. The van der Waals surface area contributed by atoms with Gasteiger partial charge in [-0.05, 0) is 19.8 Å². The first-order valence-corrected chi connectivity index (χ1v) is 6.13. The quantitative estimate of drug-likeness (QED) is 0.579. The van der Waals surface area contributed by atoms with Crippen molar-refractivity contribution in [2.24, 2.45) is 0 Å². The lowest BCUT2D eigenvalue weighted by molar-refractivity contribution is -0.149. The van der Waals surface area contributed by atoms with Crippen molar-refractivity contribution >= 4 is 17.9 Å². The van der Waals surface area contributed by atoms with Gasteiger partial charge in [-0.2, -0.15) is 5.26 Å². The highest BCUT2D eigenvalue weighted by Crippen LogP contribution is 2.24. The number of hydrogen-bond acceptors (Lipinski definition) is 5. The third kappa shape index (κ3) is 2.84. The number of esters is 1. The minimum absolute atomic E-state index is 0.427. The third-order valence-electron chi connectivity index (χ3n) is 3.23. The number of carbonyl (C=O) groups excluding carboxylic acids is 3. The van der Waals surface area contributed by atoms with Gasteiger partial charge in [-0.1, -0.05) is 13.8 Å². The second-order valence-corrected chi connectivity index (χ2v) is 4.37. The maximum absolute atomic E-state index is 12.2. The Labute approximate surface area is 111 Å². The fourth-order valence-corrected chi connectivity index (χ4v) is 1.94. The third-order valence-corrected chi connectivity index (χ3v) is 3.23. The molecular weight excluding hydrogens is 250 g/mol. The number of rotatable bonds is 5. The molecule has 1 heterocycles. The van der Waals surface area contributed by atoms with Crippen molar-refractivity contribution in [1.82, 2.24) is 10.2 Å². The molecule has 1 N–H and O–H groups in total. The number of imide groups is 1. The lowest BCUT2D eigenvalue weighted by atomic mass is 9.93. The zero-order valence-corrected chi connectivity index (χ0v) is 11.2. The Hall–Kier alpha value is -2.10. The molecule has 0 aromatic heterocycles. The van der Waals surface area contributed by atoms with Crippen molar-refractivity contribution in [3.63, 3.8) is 0 Å². The normalized spacial score (nSPS) is 18.7. The molecule has 19 heavy (non-hydrogen) atoms. The molecule has 3 amide bonds. The van der Waals surface area contributed by atoms with Crippen molar-refractivity contribution in [2.75, 3.05) is 6.54 Å². The molecule has 0 saturated carbocycles. The van der Waals surface area contributed by atoms with Crippen LogP contribution in [-0.4, -0.2) is 41.0 Å². The standard InChI is InChI=1S/C12H17N3O4/c1-4-12(5-2)10(17)15(11(18)14-12)7-9(16)19-8(3)6-13/h8H,4-5,7H2,1-3H3,(H,14,18)/t8-/m0/s1. The van der Waals surface area contributed by atoms with E-state index in [9.17, 15) is 14.4 Å². The fraction of sp³-hybridized carbons (Fsp3) is 0.667. The van der Waals surface area contributed by atoms with Gasteiger partial charge in [0, 0.05) is 0 Å². The summed E-state index contributed by atoms with van der Waals surface area (Å²) >= 11 is 0. The van der Waals surface area contributed by atoms with E-state index in [-0.39, 0.29) is 0 Å². The maximum atomic E-state index is 12.2. The SMILES string of the molecule is CCC1(CC)NC(=O)N(CC(=O)O[C@@H](C)C#N)C1=O. The van der Waals surface area contributed by atoms with E-state index in [0.29, 0.717) is 12.8 Å². The van der Waals surface area contributed by atoms with Crippen LogP contribution < -0.4 is 5.32 Å². The number of nitriles is 1. The van der Waals surface area contributed by atoms with Crippen molar-refractivity contribution in [2.45, 2.75) is 45.3 Å². The minimum Gasteiger partial charge on any atom is -0.446 e. The lowest BCUT2D eigenvalue weighted by Gasteiger charge is -2.22. The van der Waals surface area contributed by atoms with Crippen molar-refractivity contribution < 1.29 is 19.1 Å². The van der Waals surface area contributed by atoms with Crippen LogP contribution >= 0.6 is 0 Å². The largest absolute Gasteiger partial charge is 0.446 e. The molecule has 1 rings (SSSR count). The van der Waals surface area contributed by atoms with Gasteiger partial charge in [0.2, 0.25) is 0 Å². The second kappa shape index (κ2) is 5.69. The molecule has 0 aliphatic carbocycles.